The highest BCUT2D eigenvalue weighted by atomic mass is 79.9. The Morgan fingerprint density at radius 1 is 1.38 bits per heavy atom. The van der Waals surface area contributed by atoms with Gasteiger partial charge < -0.3 is 10.1 Å². The van der Waals surface area contributed by atoms with Crippen LogP contribution in [0.15, 0.2) is 24.3 Å². The molecule has 0 spiro atoms. The Bertz CT molecular complexity index is 393. The predicted molar refractivity (Wildman–Crippen MR) is 64.1 cm³/mol. The van der Waals surface area contributed by atoms with E-state index in [1.807, 2.05) is 0 Å². The van der Waals surface area contributed by atoms with Crippen molar-refractivity contribution >= 4 is 27.6 Å². The van der Waals surface area contributed by atoms with Crippen molar-refractivity contribution in [1.82, 2.24) is 5.32 Å². The standard InChI is InChI=1S/C11H12BrNO3/c1-13-11(15)7-16-10-5-3-2-4-8(10)9(14)6-12/h2-5H,6-7H2,1H3,(H,13,15). The van der Waals surface area contributed by atoms with Gasteiger partial charge in [0.2, 0.25) is 0 Å². The van der Waals surface area contributed by atoms with E-state index in [0.717, 1.165) is 0 Å². The van der Waals surface area contributed by atoms with E-state index >= 15 is 0 Å². The molecule has 0 atom stereocenters. The van der Waals surface area contributed by atoms with Gasteiger partial charge in [0.15, 0.2) is 12.4 Å². The summed E-state index contributed by atoms with van der Waals surface area (Å²) in [6, 6.07) is 6.84. The summed E-state index contributed by atoms with van der Waals surface area (Å²) in [7, 11) is 1.53. The minimum absolute atomic E-state index is 0.0764. The molecule has 1 rings (SSSR count). The summed E-state index contributed by atoms with van der Waals surface area (Å²) in [5, 5.41) is 2.67. The number of halogens is 1. The first-order valence-corrected chi connectivity index (χ1v) is 5.82. The second-order valence-corrected chi connectivity index (χ2v) is 3.58. The molecule has 0 unspecified atom stereocenters. The maximum atomic E-state index is 11.5. The number of hydrogen-bond acceptors (Lipinski definition) is 3. The van der Waals surface area contributed by atoms with Crippen molar-refractivity contribution in [3.63, 3.8) is 0 Å². The zero-order valence-corrected chi connectivity index (χ0v) is 10.4. The minimum Gasteiger partial charge on any atom is -0.483 e. The lowest BCUT2D eigenvalue weighted by molar-refractivity contribution is -0.122. The molecule has 0 aliphatic rings. The fraction of sp³-hybridized carbons (Fsp3) is 0.273. The van der Waals surface area contributed by atoms with E-state index in [2.05, 4.69) is 21.2 Å². The van der Waals surface area contributed by atoms with Gasteiger partial charge in [-0.15, -0.1) is 0 Å². The Morgan fingerprint density at radius 2 is 2.06 bits per heavy atom. The van der Waals surface area contributed by atoms with Crippen molar-refractivity contribution in [2.24, 2.45) is 0 Å². The first kappa shape index (κ1) is 12.7. The summed E-state index contributed by atoms with van der Waals surface area (Å²) < 4.78 is 5.26. The molecule has 0 saturated carbocycles. The number of hydrogen-bond donors (Lipinski definition) is 1. The minimum atomic E-state index is -0.235. The summed E-state index contributed by atoms with van der Waals surface area (Å²) in [6.45, 7) is -0.0942. The maximum absolute atomic E-state index is 11.5. The fourth-order valence-electron chi connectivity index (χ4n) is 1.11. The summed E-state index contributed by atoms with van der Waals surface area (Å²) in [4.78, 5) is 22.5. The molecule has 0 aromatic heterocycles. The van der Waals surface area contributed by atoms with Crippen molar-refractivity contribution in [1.29, 1.82) is 0 Å². The number of carbonyl (C=O) groups is 2. The fourth-order valence-corrected chi connectivity index (χ4v) is 1.41. The lowest BCUT2D eigenvalue weighted by Crippen LogP contribution is -2.25. The maximum Gasteiger partial charge on any atom is 0.257 e. The number of Topliss-reactive ketones (excluding diaryl/α,β-unsaturated/α-hetero) is 1. The van der Waals surface area contributed by atoms with E-state index in [9.17, 15) is 9.59 Å². The smallest absolute Gasteiger partial charge is 0.257 e. The highest BCUT2D eigenvalue weighted by Gasteiger charge is 2.11. The van der Waals surface area contributed by atoms with Gasteiger partial charge in [-0.2, -0.15) is 0 Å². The topological polar surface area (TPSA) is 55.4 Å². The highest BCUT2D eigenvalue weighted by molar-refractivity contribution is 9.09. The highest BCUT2D eigenvalue weighted by Crippen LogP contribution is 2.18. The van der Waals surface area contributed by atoms with E-state index in [0.29, 0.717) is 11.3 Å². The molecule has 1 aromatic rings. The molecule has 5 heteroatoms. The van der Waals surface area contributed by atoms with Crippen LogP contribution in [0.2, 0.25) is 0 Å². The van der Waals surface area contributed by atoms with Crippen LogP contribution in [0.4, 0.5) is 0 Å². The Balaban J connectivity index is 2.79. The molecule has 0 saturated heterocycles. The van der Waals surface area contributed by atoms with Crippen LogP contribution in [0.25, 0.3) is 0 Å². The second-order valence-electron chi connectivity index (χ2n) is 3.01. The van der Waals surface area contributed by atoms with Crippen molar-refractivity contribution < 1.29 is 14.3 Å². The number of carbonyl (C=O) groups excluding carboxylic acids is 2. The molecular formula is C11H12BrNO3. The molecule has 4 nitrogen and oxygen atoms in total. The van der Waals surface area contributed by atoms with Crippen molar-refractivity contribution in [3.8, 4) is 5.75 Å². The van der Waals surface area contributed by atoms with E-state index in [1.165, 1.54) is 7.05 Å². The van der Waals surface area contributed by atoms with Gasteiger partial charge >= 0.3 is 0 Å². The van der Waals surface area contributed by atoms with Gasteiger partial charge in [0.25, 0.3) is 5.91 Å². The van der Waals surface area contributed by atoms with Gasteiger partial charge in [0, 0.05) is 7.05 Å². The predicted octanol–water partition coefficient (Wildman–Crippen LogP) is 1.39. The number of likely N-dealkylation sites (N-methyl/N-ethyl adjacent to an activating group) is 1. The average molecular weight is 286 g/mol. The molecule has 0 heterocycles. The molecule has 0 radical (unpaired) electrons. The summed E-state index contributed by atoms with van der Waals surface area (Å²) in [6.07, 6.45) is 0. The number of amides is 1. The number of nitrogens with one attached hydrogen (secondary N) is 1. The van der Waals surface area contributed by atoms with E-state index in [-0.39, 0.29) is 23.6 Å². The Morgan fingerprint density at radius 3 is 2.69 bits per heavy atom. The number of rotatable bonds is 5. The third kappa shape index (κ3) is 3.34. The molecule has 0 fully saturated rings. The molecule has 0 aliphatic carbocycles. The summed E-state index contributed by atoms with van der Waals surface area (Å²) >= 11 is 3.09. The molecule has 1 amide bonds. The van der Waals surface area contributed by atoms with Gasteiger partial charge in [-0.3, -0.25) is 9.59 Å². The number of benzene rings is 1. The van der Waals surface area contributed by atoms with Gasteiger partial charge in [-0.1, -0.05) is 28.1 Å². The Hall–Kier alpha value is -1.36. The van der Waals surface area contributed by atoms with Crippen molar-refractivity contribution in [3.05, 3.63) is 29.8 Å². The molecule has 0 bridgehead atoms. The monoisotopic (exact) mass is 285 g/mol. The van der Waals surface area contributed by atoms with Crippen LogP contribution in [0.5, 0.6) is 5.75 Å². The molecular weight excluding hydrogens is 274 g/mol. The van der Waals surface area contributed by atoms with Crippen LogP contribution in [-0.2, 0) is 4.79 Å². The molecule has 16 heavy (non-hydrogen) atoms. The Kier molecular flexibility index (Phi) is 4.98. The summed E-state index contributed by atoms with van der Waals surface area (Å²) in [5.41, 5.74) is 0.475. The van der Waals surface area contributed by atoms with Crippen molar-refractivity contribution in [2.75, 3.05) is 19.0 Å². The van der Waals surface area contributed by atoms with Crippen LogP contribution in [-0.4, -0.2) is 30.7 Å². The van der Waals surface area contributed by atoms with E-state index in [1.54, 1.807) is 24.3 Å². The van der Waals surface area contributed by atoms with Crippen LogP contribution >= 0.6 is 15.9 Å². The SMILES string of the molecule is CNC(=O)COc1ccccc1C(=O)CBr. The van der Waals surface area contributed by atoms with Gasteiger partial charge in [0.1, 0.15) is 5.75 Å². The van der Waals surface area contributed by atoms with Gasteiger partial charge in [-0.05, 0) is 12.1 Å². The largest absolute Gasteiger partial charge is 0.483 e. The van der Waals surface area contributed by atoms with E-state index < -0.39 is 0 Å². The zero-order valence-electron chi connectivity index (χ0n) is 8.83. The first-order chi connectivity index (χ1) is 7.69. The molecule has 1 N–H and O–H groups in total. The molecule has 1 aromatic carbocycles. The molecule has 0 aliphatic heterocycles. The van der Waals surface area contributed by atoms with Crippen LogP contribution < -0.4 is 10.1 Å². The van der Waals surface area contributed by atoms with Crippen LogP contribution in [0.3, 0.4) is 0 Å². The van der Waals surface area contributed by atoms with Crippen molar-refractivity contribution in [2.45, 2.75) is 0 Å². The average Bonchev–Trinajstić information content (AvgIpc) is 2.35. The third-order valence-electron chi connectivity index (χ3n) is 1.95. The lowest BCUT2D eigenvalue weighted by atomic mass is 10.1. The number of para-hydroxylation sites is 1. The normalized spacial score (nSPS) is 9.62. The number of ether oxygens (including phenoxy) is 1. The summed E-state index contributed by atoms with van der Waals surface area (Å²) in [5.74, 6) is 0.115. The van der Waals surface area contributed by atoms with E-state index in [4.69, 9.17) is 4.74 Å². The zero-order chi connectivity index (χ0) is 12.0. The van der Waals surface area contributed by atoms with Crippen LogP contribution in [0, 0.1) is 0 Å². The number of alkyl halides is 1. The Labute approximate surface area is 102 Å². The lowest BCUT2D eigenvalue weighted by Gasteiger charge is -2.08. The van der Waals surface area contributed by atoms with Crippen LogP contribution in [0.1, 0.15) is 10.4 Å². The third-order valence-corrected chi connectivity index (χ3v) is 2.46. The van der Waals surface area contributed by atoms with Gasteiger partial charge in [-0.25, -0.2) is 0 Å². The quantitative estimate of drug-likeness (QED) is 0.657. The first-order valence-electron chi connectivity index (χ1n) is 4.70. The number of ketones is 1. The van der Waals surface area contributed by atoms with Gasteiger partial charge in [0.05, 0.1) is 10.9 Å². The molecule has 86 valence electrons. The second kappa shape index (κ2) is 6.27.